The molecule has 0 aliphatic heterocycles. The molecule has 6 nitrogen and oxygen atoms in total. The first-order chi connectivity index (χ1) is 9.88. The Morgan fingerprint density at radius 3 is 2.67 bits per heavy atom. The van der Waals surface area contributed by atoms with E-state index in [0.717, 1.165) is 12.1 Å². The number of carbonyl (C=O) groups excluding carboxylic acids is 1. The van der Waals surface area contributed by atoms with Gasteiger partial charge in [0.1, 0.15) is 0 Å². The Labute approximate surface area is 123 Å². The number of benzene rings is 2. The van der Waals surface area contributed by atoms with Crippen LogP contribution in [0.15, 0.2) is 36.4 Å². The fraction of sp³-hybridized carbons (Fsp3) is 0. The zero-order valence-corrected chi connectivity index (χ0v) is 11.2. The fourth-order valence-corrected chi connectivity index (χ4v) is 1.96. The second kappa shape index (κ2) is 5.76. The van der Waals surface area contributed by atoms with Gasteiger partial charge in [0.15, 0.2) is 11.5 Å². The number of nitrogen functional groups attached to an aromatic ring is 1. The van der Waals surface area contributed by atoms with Gasteiger partial charge in [-0.15, -0.1) is 0 Å². The van der Waals surface area contributed by atoms with Crippen molar-refractivity contribution in [3.05, 3.63) is 62.9 Å². The van der Waals surface area contributed by atoms with Gasteiger partial charge in [0, 0.05) is 22.3 Å². The molecule has 108 valence electrons. The summed E-state index contributed by atoms with van der Waals surface area (Å²) in [4.78, 5) is 22.1. The van der Waals surface area contributed by atoms with Crippen molar-refractivity contribution in [2.24, 2.45) is 0 Å². The maximum absolute atomic E-state index is 13.7. The molecule has 0 fully saturated rings. The SMILES string of the molecule is Nc1cc(Cl)cc(C(=O)Nc2c(F)cccc2[N+](=O)[O-])c1. The number of amides is 1. The van der Waals surface area contributed by atoms with Crippen LogP contribution in [0.25, 0.3) is 0 Å². The zero-order valence-electron chi connectivity index (χ0n) is 10.5. The molecule has 0 bridgehead atoms. The average Bonchev–Trinajstić information content (AvgIpc) is 2.39. The smallest absolute Gasteiger partial charge is 0.295 e. The van der Waals surface area contributed by atoms with Gasteiger partial charge in [-0.05, 0) is 24.3 Å². The average molecular weight is 310 g/mol. The van der Waals surface area contributed by atoms with Crippen LogP contribution >= 0.6 is 11.6 Å². The summed E-state index contributed by atoms with van der Waals surface area (Å²) in [7, 11) is 0. The summed E-state index contributed by atoms with van der Waals surface area (Å²) in [6.07, 6.45) is 0. The molecule has 0 aliphatic rings. The van der Waals surface area contributed by atoms with Crippen LogP contribution in [0.2, 0.25) is 5.02 Å². The number of nitro benzene ring substituents is 1. The van der Waals surface area contributed by atoms with E-state index in [2.05, 4.69) is 5.32 Å². The Kier molecular flexibility index (Phi) is 4.04. The summed E-state index contributed by atoms with van der Waals surface area (Å²) in [6, 6.07) is 7.36. The molecule has 0 spiro atoms. The number of carbonyl (C=O) groups is 1. The molecule has 3 N–H and O–H groups in total. The van der Waals surface area contributed by atoms with Crippen LogP contribution in [0.5, 0.6) is 0 Å². The number of hydrogen-bond donors (Lipinski definition) is 2. The summed E-state index contributed by atoms with van der Waals surface area (Å²) < 4.78 is 13.7. The summed E-state index contributed by atoms with van der Waals surface area (Å²) in [6.45, 7) is 0. The summed E-state index contributed by atoms with van der Waals surface area (Å²) in [5.74, 6) is -1.66. The predicted molar refractivity (Wildman–Crippen MR) is 76.9 cm³/mol. The first-order valence-electron chi connectivity index (χ1n) is 5.69. The van der Waals surface area contributed by atoms with E-state index in [9.17, 15) is 19.3 Å². The minimum Gasteiger partial charge on any atom is -0.399 e. The summed E-state index contributed by atoms with van der Waals surface area (Å²) in [5, 5.41) is 13.2. The van der Waals surface area contributed by atoms with E-state index >= 15 is 0 Å². The molecular weight excluding hydrogens is 301 g/mol. The molecule has 0 aliphatic carbocycles. The number of anilines is 2. The van der Waals surface area contributed by atoms with Crippen LogP contribution < -0.4 is 11.1 Å². The van der Waals surface area contributed by atoms with Crippen molar-refractivity contribution >= 4 is 34.6 Å². The number of para-hydroxylation sites is 1. The molecule has 1 amide bonds. The number of nitrogens with two attached hydrogens (primary N) is 1. The minimum absolute atomic E-state index is 0.0672. The number of halogens is 2. The van der Waals surface area contributed by atoms with Crippen LogP contribution in [-0.4, -0.2) is 10.8 Å². The minimum atomic E-state index is -0.910. The van der Waals surface area contributed by atoms with E-state index in [1.165, 1.54) is 24.3 Å². The van der Waals surface area contributed by atoms with Gasteiger partial charge in [-0.3, -0.25) is 14.9 Å². The van der Waals surface area contributed by atoms with Gasteiger partial charge in [0.25, 0.3) is 11.6 Å². The molecule has 0 saturated carbocycles. The van der Waals surface area contributed by atoms with Crippen molar-refractivity contribution in [2.75, 3.05) is 11.1 Å². The molecular formula is C13H9ClFN3O3. The monoisotopic (exact) mass is 309 g/mol. The second-order valence-electron chi connectivity index (χ2n) is 4.12. The van der Waals surface area contributed by atoms with Gasteiger partial charge in [-0.1, -0.05) is 17.7 Å². The Bertz CT molecular complexity index is 716. The highest BCUT2D eigenvalue weighted by molar-refractivity contribution is 6.31. The van der Waals surface area contributed by atoms with Crippen LogP contribution in [0.3, 0.4) is 0 Å². The van der Waals surface area contributed by atoms with E-state index in [1.807, 2.05) is 0 Å². The van der Waals surface area contributed by atoms with Crippen molar-refractivity contribution < 1.29 is 14.1 Å². The second-order valence-corrected chi connectivity index (χ2v) is 4.55. The quantitative estimate of drug-likeness (QED) is 0.516. The molecule has 2 aromatic rings. The maximum atomic E-state index is 13.7. The third kappa shape index (κ3) is 3.26. The molecule has 0 aromatic heterocycles. The molecule has 21 heavy (non-hydrogen) atoms. The molecule has 0 radical (unpaired) electrons. The Balaban J connectivity index is 2.38. The van der Waals surface area contributed by atoms with E-state index < -0.39 is 28.0 Å². The lowest BCUT2D eigenvalue weighted by Gasteiger charge is -2.08. The van der Waals surface area contributed by atoms with E-state index in [0.29, 0.717) is 0 Å². The number of hydrogen-bond acceptors (Lipinski definition) is 4. The Morgan fingerprint density at radius 1 is 1.33 bits per heavy atom. The van der Waals surface area contributed by atoms with E-state index in [1.54, 1.807) is 0 Å². The standard InChI is InChI=1S/C13H9ClFN3O3/c14-8-4-7(5-9(16)6-8)13(19)17-12-10(15)2-1-3-11(12)18(20)21/h1-6H,16H2,(H,17,19). The van der Waals surface area contributed by atoms with Gasteiger partial charge in [0.05, 0.1) is 4.92 Å². The lowest BCUT2D eigenvalue weighted by atomic mass is 10.1. The maximum Gasteiger partial charge on any atom is 0.295 e. The van der Waals surface area contributed by atoms with Crippen molar-refractivity contribution in [1.82, 2.24) is 0 Å². The third-order valence-corrected chi connectivity index (χ3v) is 2.83. The number of nitrogens with zero attached hydrogens (tertiary/aromatic N) is 1. The third-order valence-electron chi connectivity index (χ3n) is 2.61. The summed E-state index contributed by atoms with van der Waals surface area (Å²) >= 11 is 5.77. The van der Waals surface area contributed by atoms with Gasteiger partial charge in [-0.2, -0.15) is 0 Å². The molecule has 0 atom stereocenters. The van der Waals surface area contributed by atoms with E-state index in [-0.39, 0.29) is 16.3 Å². The van der Waals surface area contributed by atoms with Crippen LogP contribution in [-0.2, 0) is 0 Å². The van der Waals surface area contributed by atoms with Gasteiger partial charge >= 0.3 is 0 Å². The summed E-state index contributed by atoms with van der Waals surface area (Å²) in [5.41, 5.74) is 4.81. The highest BCUT2D eigenvalue weighted by atomic mass is 35.5. The van der Waals surface area contributed by atoms with Gasteiger partial charge in [0.2, 0.25) is 0 Å². The van der Waals surface area contributed by atoms with E-state index in [4.69, 9.17) is 17.3 Å². The van der Waals surface area contributed by atoms with Crippen molar-refractivity contribution in [2.45, 2.75) is 0 Å². The van der Waals surface area contributed by atoms with Crippen LogP contribution in [0.1, 0.15) is 10.4 Å². The number of rotatable bonds is 3. The molecule has 0 saturated heterocycles. The molecule has 2 rings (SSSR count). The Hall–Kier alpha value is -2.67. The number of nitro groups is 1. The largest absolute Gasteiger partial charge is 0.399 e. The number of nitrogens with one attached hydrogen (secondary N) is 1. The fourth-order valence-electron chi connectivity index (χ4n) is 1.72. The Morgan fingerprint density at radius 2 is 2.05 bits per heavy atom. The molecule has 2 aromatic carbocycles. The first kappa shape index (κ1) is 14.7. The van der Waals surface area contributed by atoms with Crippen molar-refractivity contribution in [3.63, 3.8) is 0 Å². The predicted octanol–water partition coefficient (Wildman–Crippen LogP) is 3.22. The van der Waals surface area contributed by atoms with Gasteiger partial charge in [-0.25, -0.2) is 4.39 Å². The van der Waals surface area contributed by atoms with Crippen molar-refractivity contribution in [1.29, 1.82) is 0 Å². The topological polar surface area (TPSA) is 98.3 Å². The first-order valence-corrected chi connectivity index (χ1v) is 6.06. The normalized spacial score (nSPS) is 10.2. The zero-order chi connectivity index (χ0) is 15.6. The van der Waals surface area contributed by atoms with Crippen LogP contribution in [0, 0.1) is 15.9 Å². The molecule has 8 heteroatoms. The lowest BCUT2D eigenvalue weighted by Crippen LogP contribution is -2.14. The molecule has 0 heterocycles. The lowest BCUT2D eigenvalue weighted by molar-refractivity contribution is -0.384. The molecule has 0 unspecified atom stereocenters. The van der Waals surface area contributed by atoms with Crippen LogP contribution in [0.4, 0.5) is 21.5 Å². The van der Waals surface area contributed by atoms with Crippen molar-refractivity contribution in [3.8, 4) is 0 Å². The van der Waals surface area contributed by atoms with Gasteiger partial charge < -0.3 is 11.1 Å². The highest BCUT2D eigenvalue weighted by Gasteiger charge is 2.20. The highest BCUT2D eigenvalue weighted by Crippen LogP contribution is 2.28.